The van der Waals surface area contributed by atoms with Crippen molar-refractivity contribution in [2.45, 2.75) is 51.4 Å². The van der Waals surface area contributed by atoms with Crippen molar-refractivity contribution in [2.75, 3.05) is 11.5 Å². The Morgan fingerprint density at radius 1 is 0.550 bits per heavy atom. The molecule has 0 bridgehead atoms. The maximum atomic E-state index is 10.4. The zero-order valence-corrected chi connectivity index (χ0v) is 18.0. The number of hydrogen-bond acceptors (Lipinski definition) is 4. The summed E-state index contributed by atoms with van der Waals surface area (Å²) < 4.78 is 58.6. The van der Waals surface area contributed by atoms with Crippen molar-refractivity contribution in [3.8, 4) is 0 Å². The average Bonchev–Trinajstić information content (AvgIpc) is 2.17. The molecule has 0 radical (unpaired) electrons. The van der Waals surface area contributed by atoms with Crippen molar-refractivity contribution in [3.05, 3.63) is 0 Å². The normalized spacial score (nSPS) is 11.5. The van der Waals surface area contributed by atoms with E-state index in [9.17, 15) is 16.8 Å². The molecule has 0 fully saturated rings. The summed E-state index contributed by atoms with van der Waals surface area (Å²) in [6.07, 6.45) is 6.25. The van der Waals surface area contributed by atoms with E-state index in [4.69, 9.17) is 9.11 Å². The van der Waals surface area contributed by atoms with Crippen molar-refractivity contribution >= 4 is 20.2 Å². The monoisotopic (exact) mass is 350 g/mol. The number of rotatable bonds is 11. The minimum absolute atomic E-state index is 0. The molecule has 0 aromatic heterocycles. The van der Waals surface area contributed by atoms with Crippen molar-refractivity contribution in [1.82, 2.24) is 0 Å². The largest absolute Gasteiger partial charge is 1.00 e. The van der Waals surface area contributed by atoms with E-state index in [0.29, 0.717) is 12.8 Å². The minimum atomic E-state index is -3.82. The molecule has 0 saturated heterocycles. The van der Waals surface area contributed by atoms with Gasteiger partial charge >= 0.3 is 59.1 Å². The van der Waals surface area contributed by atoms with Crippen molar-refractivity contribution in [1.29, 1.82) is 0 Å². The van der Waals surface area contributed by atoms with Gasteiger partial charge in [0.1, 0.15) is 0 Å². The SMILES string of the molecule is O=S(=O)(O)CCCCCCCCCCS(=O)(=O)O.[H-].[H-].[Na+].[Na+]. The Bertz CT molecular complexity index is 377. The topological polar surface area (TPSA) is 109 Å². The molecule has 0 heterocycles. The summed E-state index contributed by atoms with van der Waals surface area (Å²) in [5.41, 5.74) is 0. The Morgan fingerprint density at radius 2 is 0.750 bits per heavy atom. The van der Waals surface area contributed by atoms with E-state index in [2.05, 4.69) is 0 Å². The van der Waals surface area contributed by atoms with E-state index in [0.717, 1.165) is 38.5 Å². The van der Waals surface area contributed by atoms with Crippen molar-refractivity contribution < 1.29 is 87.9 Å². The maximum Gasteiger partial charge on any atom is 1.00 e. The van der Waals surface area contributed by atoms with Crippen LogP contribution in [0.1, 0.15) is 54.2 Å². The van der Waals surface area contributed by atoms with Crippen molar-refractivity contribution in [3.63, 3.8) is 0 Å². The predicted molar refractivity (Wildman–Crippen MR) is 72.0 cm³/mol. The van der Waals surface area contributed by atoms with Crippen LogP contribution in [0.25, 0.3) is 0 Å². The Labute approximate surface area is 169 Å². The molecule has 10 heteroatoms. The van der Waals surface area contributed by atoms with Crippen LogP contribution in [-0.2, 0) is 20.2 Å². The van der Waals surface area contributed by atoms with E-state index in [1.165, 1.54) is 0 Å². The van der Waals surface area contributed by atoms with Gasteiger partial charge in [0.05, 0.1) is 11.5 Å². The molecule has 20 heavy (non-hydrogen) atoms. The molecular formula is C10H24Na2O6S2. The zero-order chi connectivity index (χ0) is 14.1. The number of unbranched alkanes of at least 4 members (excludes halogenated alkanes) is 7. The van der Waals surface area contributed by atoms with Crippen molar-refractivity contribution in [2.24, 2.45) is 0 Å². The summed E-state index contributed by atoms with van der Waals surface area (Å²) in [6, 6.07) is 0. The molecule has 0 atom stereocenters. The first kappa shape index (κ1) is 26.7. The molecule has 2 N–H and O–H groups in total. The molecule has 0 aliphatic carbocycles. The molecule has 0 saturated carbocycles. The Balaban J connectivity index is -0.000000241. The van der Waals surface area contributed by atoms with Crippen LogP contribution < -0.4 is 59.1 Å². The average molecular weight is 350 g/mol. The van der Waals surface area contributed by atoms with Crippen LogP contribution in [0.15, 0.2) is 0 Å². The van der Waals surface area contributed by atoms with E-state index >= 15 is 0 Å². The Morgan fingerprint density at radius 3 is 0.950 bits per heavy atom. The summed E-state index contributed by atoms with van der Waals surface area (Å²) in [7, 11) is -7.65. The molecule has 6 nitrogen and oxygen atoms in total. The summed E-state index contributed by atoms with van der Waals surface area (Å²) in [5, 5.41) is 0. The molecule has 114 valence electrons. The molecule has 0 unspecified atom stereocenters. The fourth-order valence-electron chi connectivity index (χ4n) is 1.63. The van der Waals surface area contributed by atoms with Crippen LogP contribution >= 0.6 is 0 Å². The number of hydrogen-bond donors (Lipinski definition) is 2. The van der Waals surface area contributed by atoms with Crippen LogP contribution in [-0.4, -0.2) is 37.4 Å². The first-order valence-corrected chi connectivity index (χ1v) is 9.33. The molecule has 0 amide bonds. The molecule has 0 spiro atoms. The van der Waals surface area contributed by atoms with E-state index in [1.807, 2.05) is 0 Å². The van der Waals surface area contributed by atoms with Gasteiger partial charge in [0.25, 0.3) is 20.2 Å². The summed E-state index contributed by atoms with van der Waals surface area (Å²) in [4.78, 5) is 0. The predicted octanol–water partition coefficient (Wildman–Crippen LogP) is -3.88. The molecule has 0 aliphatic rings. The van der Waals surface area contributed by atoms with Gasteiger partial charge < -0.3 is 2.85 Å². The molecule has 0 aromatic rings. The summed E-state index contributed by atoms with van der Waals surface area (Å²) in [6.45, 7) is 0. The van der Waals surface area contributed by atoms with Gasteiger partial charge in [-0.25, -0.2) is 0 Å². The van der Waals surface area contributed by atoms with Crippen LogP contribution in [0.2, 0.25) is 0 Å². The molecule has 0 rings (SSSR count). The van der Waals surface area contributed by atoms with Gasteiger partial charge in [0, 0.05) is 0 Å². The fraction of sp³-hybridized carbons (Fsp3) is 1.00. The fourth-order valence-corrected chi connectivity index (χ4v) is 2.77. The quantitative estimate of drug-likeness (QED) is 0.224. The second-order valence-electron chi connectivity index (χ2n) is 4.40. The third kappa shape index (κ3) is 24.8. The van der Waals surface area contributed by atoms with Gasteiger partial charge in [-0.3, -0.25) is 9.11 Å². The maximum absolute atomic E-state index is 10.4. The van der Waals surface area contributed by atoms with E-state index < -0.39 is 20.2 Å². The zero-order valence-electron chi connectivity index (χ0n) is 14.4. The Kier molecular flexibility index (Phi) is 19.2. The van der Waals surface area contributed by atoms with Gasteiger partial charge in [-0.1, -0.05) is 38.5 Å². The van der Waals surface area contributed by atoms with Gasteiger partial charge in [-0.05, 0) is 12.8 Å². The van der Waals surface area contributed by atoms with E-state index in [-0.39, 0.29) is 73.5 Å². The Hall–Kier alpha value is 1.82. The van der Waals surface area contributed by atoms with E-state index in [1.54, 1.807) is 0 Å². The molecular weight excluding hydrogens is 326 g/mol. The van der Waals surface area contributed by atoms with Crippen LogP contribution in [0, 0.1) is 0 Å². The van der Waals surface area contributed by atoms with Crippen LogP contribution in [0.5, 0.6) is 0 Å². The minimum Gasteiger partial charge on any atom is -1.00 e. The smallest absolute Gasteiger partial charge is 1.00 e. The van der Waals surface area contributed by atoms with Crippen LogP contribution in [0.4, 0.5) is 0 Å². The summed E-state index contributed by atoms with van der Waals surface area (Å²) in [5.74, 6) is -0.358. The second kappa shape index (κ2) is 14.4. The first-order valence-electron chi connectivity index (χ1n) is 6.11. The third-order valence-electron chi connectivity index (χ3n) is 2.55. The van der Waals surface area contributed by atoms with Gasteiger partial charge in [-0.2, -0.15) is 16.8 Å². The summed E-state index contributed by atoms with van der Waals surface area (Å²) >= 11 is 0. The second-order valence-corrected chi connectivity index (χ2v) is 7.54. The standard InChI is InChI=1S/C10H22O6S2.2Na.2H/c11-17(12,13)9-7-5-3-1-2-4-6-8-10-18(14,15)16;;;;/h1-10H2,(H,11,12,13)(H,14,15,16);;;;/q;2*+1;2*-1. The third-order valence-corrected chi connectivity index (χ3v) is 4.16. The van der Waals surface area contributed by atoms with Crippen LogP contribution in [0.3, 0.4) is 0 Å². The molecule has 0 aromatic carbocycles. The molecule has 0 aliphatic heterocycles. The first-order chi connectivity index (χ1) is 8.21. The van der Waals surface area contributed by atoms with Gasteiger partial charge in [0.15, 0.2) is 0 Å². The van der Waals surface area contributed by atoms with Gasteiger partial charge in [0.2, 0.25) is 0 Å². The van der Waals surface area contributed by atoms with Gasteiger partial charge in [-0.15, -0.1) is 0 Å².